The van der Waals surface area contributed by atoms with Crippen LogP contribution in [0.25, 0.3) is 0 Å². The summed E-state index contributed by atoms with van der Waals surface area (Å²) in [6, 6.07) is 5.33. The molecule has 98 valence electrons. The summed E-state index contributed by atoms with van der Waals surface area (Å²) in [5, 5.41) is 9.05. The Labute approximate surface area is 109 Å². The van der Waals surface area contributed by atoms with Crippen LogP contribution in [0.4, 0.5) is 10.1 Å². The van der Waals surface area contributed by atoms with Gasteiger partial charge in [-0.1, -0.05) is 12.2 Å². The molecule has 0 fully saturated rings. The van der Waals surface area contributed by atoms with E-state index in [1.807, 2.05) is 0 Å². The minimum atomic E-state index is -1.24. The largest absolute Gasteiger partial charge is 0.480 e. The Morgan fingerprint density at radius 3 is 2.53 bits per heavy atom. The second-order valence-corrected chi connectivity index (χ2v) is 4.16. The zero-order chi connectivity index (χ0) is 14.0. The molecule has 1 aliphatic rings. The molecule has 1 N–H and O–H groups in total. The lowest BCUT2D eigenvalue weighted by Gasteiger charge is -2.24. The van der Waals surface area contributed by atoms with E-state index in [0.717, 1.165) is 0 Å². The number of allylic oxidation sites excluding steroid dienone is 3. The predicted molar refractivity (Wildman–Crippen MR) is 67.9 cm³/mol. The number of carboxylic acids is 1. The number of rotatable bonds is 2. The van der Waals surface area contributed by atoms with Gasteiger partial charge in [0.25, 0.3) is 0 Å². The van der Waals surface area contributed by atoms with Crippen LogP contribution < -0.4 is 4.90 Å². The van der Waals surface area contributed by atoms with Crippen molar-refractivity contribution in [2.75, 3.05) is 4.90 Å². The number of hydrogen-bond acceptors (Lipinski definition) is 2. The summed E-state index contributed by atoms with van der Waals surface area (Å²) in [5.41, 5.74) is 1.02. The van der Waals surface area contributed by atoms with Gasteiger partial charge in [0.15, 0.2) is 5.92 Å². The average molecular weight is 261 g/mol. The molecule has 1 aromatic rings. The summed E-state index contributed by atoms with van der Waals surface area (Å²) < 4.78 is 12.9. The van der Waals surface area contributed by atoms with Crippen LogP contribution in [0.3, 0.4) is 0 Å². The molecule has 1 aliphatic heterocycles. The number of benzene rings is 1. The van der Waals surface area contributed by atoms with E-state index in [4.69, 9.17) is 5.11 Å². The molecule has 0 aromatic heterocycles. The highest BCUT2D eigenvalue weighted by Crippen LogP contribution is 2.24. The Morgan fingerprint density at radius 2 is 1.95 bits per heavy atom. The number of carbonyl (C=O) groups is 2. The standard InChI is InChI=1S/C14H12FNO3/c1-9-3-2-4-12(14(18)19)13(17)16(9)11-7-5-10(15)6-8-11/h2-8,12H,1H3,(H,18,19). The third kappa shape index (κ3) is 2.54. The Hall–Kier alpha value is -2.43. The van der Waals surface area contributed by atoms with E-state index in [1.165, 1.54) is 41.3 Å². The van der Waals surface area contributed by atoms with Crippen molar-refractivity contribution in [2.45, 2.75) is 6.92 Å². The average Bonchev–Trinajstić information content (AvgIpc) is 2.50. The number of carboxylic acid groups (broad SMARTS) is 1. The molecule has 0 saturated carbocycles. The van der Waals surface area contributed by atoms with Gasteiger partial charge in [0, 0.05) is 11.4 Å². The van der Waals surface area contributed by atoms with Crippen molar-refractivity contribution in [3.05, 3.63) is 54.0 Å². The van der Waals surface area contributed by atoms with Crippen LogP contribution in [-0.4, -0.2) is 17.0 Å². The van der Waals surface area contributed by atoms with Gasteiger partial charge in [-0.3, -0.25) is 14.5 Å². The normalized spacial score (nSPS) is 19.1. The highest BCUT2D eigenvalue weighted by molar-refractivity contribution is 6.09. The molecule has 1 unspecified atom stereocenters. The molecule has 4 nitrogen and oxygen atoms in total. The number of anilines is 1. The molecule has 19 heavy (non-hydrogen) atoms. The van der Waals surface area contributed by atoms with Crippen molar-refractivity contribution >= 4 is 17.6 Å². The van der Waals surface area contributed by atoms with E-state index in [9.17, 15) is 14.0 Å². The van der Waals surface area contributed by atoms with Gasteiger partial charge < -0.3 is 5.11 Å². The minimum Gasteiger partial charge on any atom is -0.480 e. The molecule has 1 amide bonds. The predicted octanol–water partition coefficient (Wildman–Crippen LogP) is 2.33. The van der Waals surface area contributed by atoms with Gasteiger partial charge in [-0.2, -0.15) is 0 Å². The maximum Gasteiger partial charge on any atom is 0.320 e. The summed E-state index contributed by atoms with van der Waals surface area (Å²) in [5.74, 6) is -3.43. The van der Waals surface area contributed by atoms with Crippen LogP contribution in [0, 0.1) is 11.7 Å². The molecule has 0 spiro atoms. The first-order valence-corrected chi connectivity index (χ1v) is 5.68. The number of carbonyl (C=O) groups excluding carboxylic acids is 1. The second kappa shape index (κ2) is 5.06. The first-order chi connectivity index (χ1) is 9.00. The molecule has 0 bridgehead atoms. The Bertz CT molecular complexity index is 575. The van der Waals surface area contributed by atoms with Gasteiger partial charge in [-0.25, -0.2) is 4.39 Å². The zero-order valence-electron chi connectivity index (χ0n) is 10.2. The van der Waals surface area contributed by atoms with Crippen LogP contribution in [0.1, 0.15) is 6.92 Å². The van der Waals surface area contributed by atoms with Gasteiger partial charge in [0.1, 0.15) is 5.82 Å². The van der Waals surface area contributed by atoms with E-state index >= 15 is 0 Å². The minimum absolute atomic E-state index is 0.416. The fourth-order valence-corrected chi connectivity index (χ4v) is 1.88. The van der Waals surface area contributed by atoms with Crippen molar-refractivity contribution in [3.63, 3.8) is 0 Å². The quantitative estimate of drug-likeness (QED) is 0.831. The summed E-state index contributed by atoms with van der Waals surface area (Å²) >= 11 is 0. The van der Waals surface area contributed by atoms with Crippen LogP contribution in [0.5, 0.6) is 0 Å². The van der Waals surface area contributed by atoms with Gasteiger partial charge in [0.2, 0.25) is 5.91 Å². The van der Waals surface area contributed by atoms with Gasteiger partial charge >= 0.3 is 5.97 Å². The van der Waals surface area contributed by atoms with Crippen molar-refractivity contribution < 1.29 is 19.1 Å². The summed E-state index contributed by atoms with van der Waals surface area (Å²) in [4.78, 5) is 24.6. The molecular formula is C14H12FNO3. The molecule has 2 rings (SSSR count). The topological polar surface area (TPSA) is 57.6 Å². The van der Waals surface area contributed by atoms with Crippen LogP contribution in [0.2, 0.25) is 0 Å². The molecular weight excluding hydrogens is 249 g/mol. The molecule has 1 atom stereocenters. The lowest BCUT2D eigenvalue weighted by Crippen LogP contribution is -2.36. The lowest BCUT2D eigenvalue weighted by molar-refractivity contribution is -0.143. The number of amides is 1. The Morgan fingerprint density at radius 1 is 1.32 bits per heavy atom. The molecule has 0 saturated heterocycles. The first-order valence-electron chi connectivity index (χ1n) is 5.68. The summed E-state index contributed by atoms with van der Waals surface area (Å²) in [7, 11) is 0. The highest BCUT2D eigenvalue weighted by Gasteiger charge is 2.31. The molecule has 1 aromatic carbocycles. The van der Waals surface area contributed by atoms with Gasteiger partial charge in [-0.05, 0) is 37.3 Å². The third-order valence-electron chi connectivity index (χ3n) is 2.83. The number of hydrogen-bond donors (Lipinski definition) is 1. The van der Waals surface area contributed by atoms with E-state index in [1.54, 1.807) is 13.0 Å². The maximum atomic E-state index is 12.9. The van der Waals surface area contributed by atoms with E-state index in [2.05, 4.69) is 0 Å². The maximum absolute atomic E-state index is 12.9. The monoisotopic (exact) mass is 261 g/mol. The fourth-order valence-electron chi connectivity index (χ4n) is 1.88. The molecule has 0 aliphatic carbocycles. The third-order valence-corrected chi connectivity index (χ3v) is 2.83. The summed E-state index contributed by atoms with van der Waals surface area (Å²) in [6.07, 6.45) is 4.51. The Balaban J connectivity index is 2.44. The highest BCUT2D eigenvalue weighted by atomic mass is 19.1. The number of halogens is 1. The second-order valence-electron chi connectivity index (χ2n) is 4.16. The number of nitrogens with zero attached hydrogens (tertiary/aromatic N) is 1. The van der Waals surface area contributed by atoms with Crippen LogP contribution in [-0.2, 0) is 9.59 Å². The summed E-state index contributed by atoms with van der Waals surface area (Å²) in [6.45, 7) is 1.69. The SMILES string of the molecule is CC1=CC=CC(C(=O)O)C(=O)N1c1ccc(F)cc1. The molecule has 0 radical (unpaired) electrons. The first kappa shape index (κ1) is 13.0. The molecule has 1 heterocycles. The van der Waals surface area contributed by atoms with E-state index in [0.29, 0.717) is 11.4 Å². The van der Waals surface area contributed by atoms with Crippen molar-refractivity contribution in [3.8, 4) is 0 Å². The molecule has 5 heteroatoms. The lowest BCUT2D eigenvalue weighted by atomic mass is 10.1. The van der Waals surface area contributed by atoms with E-state index < -0.39 is 23.6 Å². The van der Waals surface area contributed by atoms with Crippen molar-refractivity contribution in [1.82, 2.24) is 0 Å². The van der Waals surface area contributed by atoms with Gasteiger partial charge in [0.05, 0.1) is 0 Å². The van der Waals surface area contributed by atoms with Crippen molar-refractivity contribution in [1.29, 1.82) is 0 Å². The van der Waals surface area contributed by atoms with Crippen molar-refractivity contribution in [2.24, 2.45) is 5.92 Å². The smallest absolute Gasteiger partial charge is 0.320 e. The fraction of sp³-hybridized carbons (Fsp3) is 0.143. The Kier molecular flexibility index (Phi) is 3.46. The van der Waals surface area contributed by atoms with E-state index in [-0.39, 0.29) is 0 Å². The van der Waals surface area contributed by atoms with Crippen LogP contribution in [0.15, 0.2) is 48.2 Å². The van der Waals surface area contributed by atoms with Gasteiger partial charge in [-0.15, -0.1) is 0 Å². The zero-order valence-corrected chi connectivity index (χ0v) is 10.2. The van der Waals surface area contributed by atoms with Crippen LogP contribution >= 0.6 is 0 Å². The number of aliphatic carboxylic acids is 1.